The summed E-state index contributed by atoms with van der Waals surface area (Å²) in [6, 6.07) is 11.5. The molecule has 0 atom stereocenters. The third-order valence-corrected chi connectivity index (χ3v) is 3.84. The Bertz CT molecular complexity index is 684. The summed E-state index contributed by atoms with van der Waals surface area (Å²) in [5, 5.41) is 13.4. The van der Waals surface area contributed by atoms with Crippen LogP contribution in [0.25, 0.3) is 0 Å². The van der Waals surface area contributed by atoms with Crippen molar-refractivity contribution in [1.82, 2.24) is 0 Å². The average Bonchev–Trinajstić information content (AvgIpc) is 2.43. The van der Waals surface area contributed by atoms with Crippen LogP contribution in [0.1, 0.15) is 11.1 Å². The van der Waals surface area contributed by atoms with E-state index in [1.807, 2.05) is 25.1 Å². The molecule has 5 nitrogen and oxygen atoms in total. The van der Waals surface area contributed by atoms with Gasteiger partial charge in [-0.1, -0.05) is 28.1 Å². The molecule has 2 aromatic carbocycles. The number of carbonyl (C=O) groups excluding carboxylic acids is 1. The van der Waals surface area contributed by atoms with Gasteiger partial charge in [0.25, 0.3) is 5.69 Å². The van der Waals surface area contributed by atoms with Gasteiger partial charge in [-0.3, -0.25) is 14.9 Å². The van der Waals surface area contributed by atoms with E-state index in [2.05, 4.69) is 21.2 Å². The van der Waals surface area contributed by atoms with Gasteiger partial charge >= 0.3 is 0 Å². The molecule has 1 amide bonds. The quantitative estimate of drug-likeness (QED) is 0.673. The summed E-state index contributed by atoms with van der Waals surface area (Å²) in [5.41, 5.74) is 2.50. The Morgan fingerprint density at radius 1 is 1.24 bits per heavy atom. The Kier molecular flexibility index (Phi) is 4.70. The number of hydrogen-bond acceptors (Lipinski definition) is 3. The predicted molar refractivity (Wildman–Crippen MR) is 84.3 cm³/mol. The number of nitro benzene ring substituents is 1. The lowest BCUT2D eigenvalue weighted by molar-refractivity contribution is -0.384. The first kappa shape index (κ1) is 15.2. The van der Waals surface area contributed by atoms with Gasteiger partial charge in [0.15, 0.2) is 0 Å². The zero-order valence-corrected chi connectivity index (χ0v) is 12.9. The van der Waals surface area contributed by atoms with Gasteiger partial charge < -0.3 is 5.32 Å². The molecule has 2 rings (SSSR count). The van der Waals surface area contributed by atoms with Gasteiger partial charge in [-0.25, -0.2) is 0 Å². The number of nitro groups is 1. The van der Waals surface area contributed by atoms with Crippen molar-refractivity contribution in [1.29, 1.82) is 0 Å². The van der Waals surface area contributed by atoms with Crippen LogP contribution >= 0.6 is 15.9 Å². The molecule has 0 aliphatic carbocycles. The maximum atomic E-state index is 11.9. The molecule has 21 heavy (non-hydrogen) atoms. The summed E-state index contributed by atoms with van der Waals surface area (Å²) in [6.45, 7) is 1.94. The fourth-order valence-electron chi connectivity index (χ4n) is 1.85. The molecular formula is C15H13BrN2O3. The SMILES string of the molecule is Cc1cc(NC(=O)Cc2ccc([N+](=O)[O-])cc2)ccc1Br. The van der Waals surface area contributed by atoms with Crippen LogP contribution in [0.2, 0.25) is 0 Å². The highest BCUT2D eigenvalue weighted by Gasteiger charge is 2.08. The molecule has 0 radical (unpaired) electrons. The second-order valence-electron chi connectivity index (χ2n) is 4.61. The minimum atomic E-state index is -0.464. The minimum Gasteiger partial charge on any atom is -0.326 e. The molecule has 0 unspecified atom stereocenters. The number of benzene rings is 2. The second kappa shape index (κ2) is 6.49. The van der Waals surface area contributed by atoms with E-state index in [1.54, 1.807) is 12.1 Å². The van der Waals surface area contributed by atoms with Gasteiger partial charge in [-0.05, 0) is 36.2 Å². The summed E-state index contributed by atoms with van der Waals surface area (Å²) in [4.78, 5) is 22.0. The van der Waals surface area contributed by atoms with Crippen LogP contribution in [-0.2, 0) is 11.2 Å². The van der Waals surface area contributed by atoms with Crippen molar-refractivity contribution in [3.8, 4) is 0 Å². The molecule has 0 bridgehead atoms. The number of halogens is 1. The number of carbonyl (C=O) groups is 1. The minimum absolute atomic E-state index is 0.0164. The van der Waals surface area contributed by atoms with Gasteiger partial charge in [0.1, 0.15) is 0 Å². The number of anilines is 1. The van der Waals surface area contributed by atoms with E-state index in [4.69, 9.17) is 0 Å². The third kappa shape index (κ3) is 4.13. The molecule has 0 aliphatic rings. The molecule has 1 N–H and O–H groups in total. The summed E-state index contributed by atoms with van der Waals surface area (Å²) < 4.78 is 0.982. The van der Waals surface area contributed by atoms with Crippen molar-refractivity contribution >= 4 is 33.2 Å². The van der Waals surface area contributed by atoms with E-state index in [0.29, 0.717) is 0 Å². The second-order valence-corrected chi connectivity index (χ2v) is 5.47. The molecule has 0 saturated carbocycles. The Balaban J connectivity index is 2.01. The van der Waals surface area contributed by atoms with E-state index >= 15 is 0 Å². The predicted octanol–water partition coefficient (Wildman–Crippen LogP) is 3.85. The molecule has 0 heterocycles. The number of non-ortho nitro benzene ring substituents is 1. The first-order chi connectivity index (χ1) is 9.95. The van der Waals surface area contributed by atoms with Crippen molar-refractivity contribution in [2.45, 2.75) is 13.3 Å². The lowest BCUT2D eigenvalue weighted by Crippen LogP contribution is -2.14. The fraction of sp³-hybridized carbons (Fsp3) is 0.133. The maximum absolute atomic E-state index is 11.9. The zero-order valence-electron chi connectivity index (χ0n) is 11.3. The first-order valence-corrected chi connectivity index (χ1v) is 7.04. The largest absolute Gasteiger partial charge is 0.326 e. The Labute approximate surface area is 130 Å². The number of aryl methyl sites for hydroxylation is 1. The van der Waals surface area contributed by atoms with E-state index in [-0.39, 0.29) is 18.0 Å². The summed E-state index contributed by atoms with van der Waals surface area (Å²) in [7, 11) is 0. The number of hydrogen-bond donors (Lipinski definition) is 1. The van der Waals surface area contributed by atoms with Crippen molar-refractivity contribution in [3.63, 3.8) is 0 Å². The van der Waals surface area contributed by atoms with Crippen LogP contribution in [0.5, 0.6) is 0 Å². The highest BCUT2D eigenvalue weighted by Crippen LogP contribution is 2.20. The van der Waals surface area contributed by atoms with Crippen molar-refractivity contribution < 1.29 is 9.72 Å². The highest BCUT2D eigenvalue weighted by molar-refractivity contribution is 9.10. The number of nitrogens with one attached hydrogen (secondary N) is 1. The van der Waals surface area contributed by atoms with Gasteiger partial charge in [0, 0.05) is 22.3 Å². The van der Waals surface area contributed by atoms with E-state index in [0.717, 1.165) is 21.3 Å². The number of amides is 1. The van der Waals surface area contributed by atoms with Gasteiger partial charge in [-0.15, -0.1) is 0 Å². The molecule has 0 saturated heterocycles. The van der Waals surface area contributed by atoms with Crippen LogP contribution in [0.15, 0.2) is 46.9 Å². The Morgan fingerprint density at radius 3 is 2.48 bits per heavy atom. The summed E-state index contributed by atoms with van der Waals surface area (Å²) in [5.74, 6) is -0.162. The monoisotopic (exact) mass is 348 g/mol. The van der Waals surface area contributed by atoms with Crippen LogP contribution < -0.4 is 5.32 Å². The third-order valence-electron chi connectivity index (χ3n) is 2.95. The lowest BCUT2D eigenvalue weighted by Gasteiger charge is -2.07. The van der Waals surface area contributed by atoms with Crippen molar-refractivity contribution in [2.75, 3.05) is 5.32 Å². The van der Waals surface area contributed by atoms with Crippen molar-refractivity contribution in [3.05, 3.63) is 68.2 Å². The molecule has 0 spiro atoms. The molecule has 2 aromatic rings. The van der Waals surface area contributed by atoms with Gasteiger partial charge in [0.2, 0.25) is 5.91 Å². The molecule has 0 aliphatic heterocycles. The van der Waals surface area contributed by atoms with E-state index < -0.39 is 4.92 Å². The van der Waals surface area contributed by atoms with E-state index in [1.165, 1.54) is 12.1 Å². The maximum Gasteiger partial charge on any atom is 0.269 e. The normalized spacial score (nSPS) is 10.2. The number of rotatable bonds is 4. The van der Waals surface area contributed by atoms with Gasteiger partial charge in [-0.2, -0.15) is 0 Å². The van der Waals surface area contributed by atoms with Gasteiger partial charge in [0.05, 0.1) is 11.3 Å². The first-order valence-electron chi connectivity index (χ1n) is 6.25. The van der Waals surface area contributed by atoms with Crippen LogP contribution in [-0.4, -0.2) is 10.8 Å². The average molecular weight is 349 g/mol. The molecule has 0 fully saturated rings. The van der Waals surface area contributed by atoms with Crippen LogP contribution in [0, 0.1) is 17.0 Å². The Hall–Kier alpha value is -2.21. The summed E-state index contributed by atoms with van der Waals surface area (Å²) >= 11 is 3.40. The zero-order chi connectivity index (χ0) is 15.4. The molecule has 6 heteroatoms. The molecule has 108 valence electrons. The molecule has 0 aromatic heterocycles. The van der Waals surface area contributed by atoms with Crippen molar-refractivity contribution in [2.24, 2.45) is 0 Å². The van der Waals surface area contributed by atoms with Crippen LogP contribution in [0.3, 0.4) is 0 Å². The molecular weight excluding hydrogens is 336 g/mol. The number of nitrogens with zero attached hydrogens (tertiary/aromatic N) is 1. The highest BCUT2D eigenvalue weighted by atomic mass is 79.9. The smallest absolute Gasteiger partial charge is 0.269 e. The topological polar surface area (TPSA) is 72.2 Å². The lowest BCUT2D eigenvalue weighted by atomic mass is 10.1. The standard InChI is InChI=1S/C15H13BrN2O3/c1-10-8-12(4-7-14(10)16)17-15(19)9-11-2-5-13(6-3-11)18(20)21/h2-8H,9H2,1H3,(H,17,19). The Morgan fingerprint density at radius 2 is 1.90 bits per heavy atom. The van der Waals surface area contributed by atoms with E-state index in [9.17, 15) is 14.9 Å². The summed E-state index contributed by atoms with van der Waals surface area (Å²) in [6.07, 6.45) is 0.174. The van der Waals surface area contributed by atoms with Crippen LogP contribution in [0.4, 0.5) is 11.4 Å². The fourth-order valence-corrected chi connectivity index (χ4v) is 2.10.